The van der Waals surface area contributed by atoms with Crippen molar-refractivity contribution in [3.63, 3.8) is 0 Å². The minimum Gasteiger partial charge on any atom is -0.305 e. The summed E-state index contributed by atoms with van der Waals surface area (Å²) in [6.45, 7) is 5.86. The summed E-state index contributed by atoms with van der Waals surface area (Å²) in [6, 6.07) is 9.44. The van der Waals surface area contributed by atoms with Crippen LogP contribution in [0.4, 0.5) is 129 Å². The third-order valence-corrected chi connectivity index (χ3v) is 18.4. The maximum Gasteiger partial charge on any atom is 0.198 e. The van der Waals surface area contributed by atoms with Crippen molar-refractivity contribution in [3.05, 3.63) is 193 Å². The molecule has 9 rings (SSSR count). The zero-order chi connectivity index (χ0) is 74.7. The molecule has 0 aliphatic carbocycles. The molecule has 0 aliphatic heterocycles. The lowest BCUT2D eigenvalue weighted by Crippen LogP contribution is -3.03. The van der Waals surface area contributed by atoms with E-state index in [4.69, 9.17) is 0 Å². The number of unbranched alkanes of at least 4 members (excludes halogenated alkanes) is 18. The van der Waals surface area contributed by atoms with Crippen LogP contribution in [0.3, 0.4) is 0 Å². The topological polar surface area (TPSA) is 4.44 Å². The fraction of sp³-hybridized carbons (Fsp3) is 0.352. The number of quaternary nitrogens is 1. The van der Waals surface area contributed by atoms with E-state index in [0.717, 1.165) is 0 Å². The van der Waals surface area contributed by atoms with E-state index in [-0.39, 0.29) is 0 Å². The Balaban J connectivity index is 0.000000341. The molecule has 0 spiro atoms. The standard InChI is InChI=1S/C40BF28.C31H57N/c42-13-1-5(25(54)37(66)33(62)21(1)50)17(46)29(58)9(13)41(10-14(43)2-6(18(47)30(10)59)26(55)38(67)34(63)22(2)51,11-15(44)3-7(19(48)31(11)60)27(56)39(68)35(64)23(3)52)12-16(45)4-8(20(49)32(12)61)28(57)40(69)36(65)24(4)53;1-4-6-8-10-11-12-13-14-15-16-17-18-19-20-21-23-29-32(3)31-27-25-30(26-28-31)24-22-9-7-5-2/h;25-28H,4-24,29H2,1-3H3/q-1;/p+1. The van der Waals surface area contributed by atoms with Crippen molar-refractivity contribution < 1.29 is 128 Å². The van der Waals surface area contributed by atoms with Crippen LogP contribution in [0, 0.1) is 163 Å². The highest BCUT2D eigenvalue weighted by molar-refractivity contribution is 7.20. The van der Waals surface area contributed by atoms with Gasteiger partial charge in [0.1, 0.15) is 58.4 Å². The van der Waals surface area contributed by atoms with E-state index in [1.54, 1.807) is 4.90 Å². The van der Waals surface area contributed by atoms with E-state index < -0.39 is 234 Å². The first kappa shape index (κ1) is 78.8. The van der Waals surface area contributed by atoms with Crippen LogP contribution in [0.25, 0.3) is 43.1 Å². The highest BCUT2D eigenvalue weighted by Crippen LogP contribution is 2.41. The zero-order valence-corrected chi connectivity index (χ0v) is 53.5. The number of fused-ring (bicyclic) bond motifs is 4. The van der Waals surface area contributed by atoms with E-state index in [2.05, 4.69) is 45.2 Å². The molecular formula is C71H58BF28N. The lowest BCUT2D eigenvalue weighted by Gasteiger charge is -2.45. The quantitative estimate of drug-likeness (QED) is 0.0172. The predicted octanol–water partition coefficient (Wildman–Crippen LogP) is 20.8. The van der Waals surface area contributed by atoms with Gasteiger partial charge >= 0.3 is 0 Å². The van der Waals surface area contributed by atoms with E-state index >= 15 is 87.8 Å². The van der Waals surface area contributed by atoms with Crippen molar-refractivity contribution in [3.8, 4) is 0 Å². The maximum atomic E-state index is 17.4. The second-order valence-corrected chi connectivity index (χ2v) is 24.7. The van der Waals surface area contributed by atoms with Gasteiger partial charge in [-0.15, -0.1) is 21.9 Å². The van der Waals surface area contributed by atoms with Crippen LogP contribution < -0.4 is 26.8 Å². The smallest absolute Gasteiger partial charge is 0.198 e. The van der Waals surface area contributed by atoms with Gasteiger partial charge in [0.05, 0.1) is 56.7 Å². The van der Waals surface area contributed by atoms with Gasteiger partial charge in [-0.3, -0.25) is 0 Å². The Bertz CT molecular complexity index is 4160. The third kappa shape index (κ3) is 14.1. The number of hydrogen-bond acceptors (Lipinski definition) is 0. The van der Waals surface area contributed by atoms with Crippen molar-refractivity contribution >= 4 is 76.8 Å². The molecule has 546 valence electrons. The fourth-order valence-electron chi connectivity index (χ4n) is 13.2. The van der Waals surface area contributed by atoms with Crippen molar-refractivity contribution in [1.82, 2.24) is 0 Å². The van der Waals surface area contributed by atoms with Crippen LogP contribution in [-0.4, -0.2) is 19.7 Å². The van der Waals surface area contributed by atoms with Gasteiger partial charge in [-0.05, 0) is 43.4 Å². The molecule has 0 aliphatic rings. The summed E-state index contributed by atoms with van der Waals surface area (Å²) in [5, 5.41) is -25.0. The summed E-state index contributed by atoms with van der Waals surface area (Å²) in [6.07, 6.45) is 21.8. The molecule has 1 atom stereocenters. The second-order valence-electron chi connectivity index (χ2n) is 24.7. The van der Waals surface area contributed by atoms with Gasteiger partial charge in [0.2, 0.25) is 0 Å². The van der Waals surface area contributed by atoms with Crippen LogP contribution in [0.5, 0.6) is 0 Å². The van der Waals surface area contributed by atoms with Crippen molar-refractivity contribution in [1.29, 1.82) is 0 Å². The van der Waals surface area contributed by atoms with Crippen LogP contribution >= 0.6 is 0 Å². The van der Waals surface area contributed by atoms with Gasteiger partial charge in [0, 0.05) is 0 Å². The number of benzene rings is 9. The Morgan fingerprint density at radius 1 is 0.218 bits per heavy atom. The molecule has 0 aromatic heterocycles. The normalized spacial score (nSPS) is 12.3. The van der Waals surface area contributed by atoms with Gasteiger partial charge in [-0.2, -0.15) is 0 Å². The van der Waals surface area contributed by atoms with E-state index in [9.17, 15) is 35.1 Å². The molecule has 0 fully saturated rings. The summed E-state index contributed by atoms with van der Waals surface area (Å²) >= 11 is 0. The molecule has 0 saturated carbocycles. The Kier molecular flexibility index (Phi) is 25.4. The first-order valence-corrected chi connectivity index (χ1v) is 32.1. The zero-order valence-electron chi connectivity index (χ0n) is 53.5. The van der Waals surface area contributed by atoms with Gasteiger partial charge in [-0.25, -0.2) is 123 Å². The second kappa shape index (κ2) is 32.6. The molecule has 0 heterocycles. The number of nitrogens with one attached hydrogen (secondary N) is 1. The molecule has 101 heavy (non-hydrogen) atoms. The van der Waals surface area contributed by atoms with Crippen LogP contribution in [0.15, 0.2) is 24.3 Å². The van der Waals surface area contributed by atoms with Crippen molar-refractivity contribution in [2.24, 2.45) is 0 Å². The number of rotatable bonds is 27. The molecule has 0 saturated heterocycles. The van der Waals surface area contributed by atoms with Crippen molar-refractivity contribution in [2.45, 2.75) is 149 Å². The van der Waals surface area contributed by atoms with E-state index in [1.807, 2.05) is 0 Å². The molecule has 0 amide bonds. The monoisotopic (exact) mass is 1470 g/mol. The van der Waals surface area contributed by atoms with Gasteiger partial charge < -0.3 is 4.90 Å². The van der Waals surface area contributed by atoms with Gasteiger partial charge in [0.15, 0.2) is 116 Å². The Morgan fingerprint density at radius 3 is 0.634 bits per heavy atom. The maximum absolute atomic E-state index is 17.4. The molecule has 1 N–H and O–H groups in total. The average Bonchev–Trinajstić information content (AvgIpc) is 0.669. The minimum atomic E-state index is -7.99. The van der Waals surface area contributed by atoms with Gasteiger partial charge in [0.25, 0.3) is 0 Å². The molecule has 9 aromatic rings. The number of halogens is 28. The summed E-state index contributed by atoms with van der Waals surface area (Å²) in [4.78, 5) is 1.58. The van der Waals surface area contributed by atoms with E-state index in [1.165, 1.54) is 153 Å². The minimum absolute atomic E-state index is 1.25. The molecule has 9 aromatic carbocycles. The average molecular weight is 1470 g/mol. The van der Waals surface area contributed by atoms with Crippen LogP contribution in [0.1, 0.15) is 148 Å². The van der Waals surface area contributed by atoms with Gasteiger partial charge in [-0.1, -0.05) is 135 Å². The molecule has 0 bridgehead atoms. The molecule has 1 nitrogen and oxygen atoms in total. The third-order valence-electron chi connectivity index (χ3n) is 18.4. The number of hydrogen-bond donors (Lipinski definition) is 1. The lowest BCUT2D eigenvalue weighted by atomic mass is 9.12. The Hall–Kier alpha value is -7.92. The van der Waals surface area contributed by atoms with E-state index in [0.29, 0.717) is 0 Å². The molecular weight excluding hydrogens is 1410 g/mol. The summed E-state index contributed by atoms with van der Waals surface area (Å²) in [5.41, 5.74) is -12.9. The highest BCUT2D eigenvalue weighted by atomic mass is 19.2. The number of aryl methyl sites for hydroxylation is 1. The molecule has 1 unspecified atom stereocenters. The molecule has 0 radical (unpaired) electrons. The Labute approximate surface area is 558 Å². The Morgan fingerprint density at radius 2 is 0.406 bits per heavy atom. The predicted molar refractivity (Wildman–Crippen MR) is 324 cm³/mol. The fourth-order valence-corrected chi connectivity index (χ4v) is 13.2. The SMILES string of the molecule is CCCCCCCCCCCCCCCCCC[NH+](C)c1ccc(CCCCCC)cc1.Fc1c(F)c(F)c2c(F)c([B-](c3c(F)c(F)c4c(F)c(F)c(F)c(F)c4c3F)(c3c(F)c(F)c4c(F)c(F)c(F)c(F)c4c3F)c3c(F)c(F)c4c(F)c(F)c(F)c(F)c4c3F)c(F)c(F)c2c1F. The molecule has 30 heteroatoms. The first-order chi connectivity index (χ1) is 47.8. The van der Waals surface area contributed by atoms with Crippen molar-refractivity contribution in [2.75, 3.05) is 13.6 Å². The summed E-state index contributed by atoms with van der Waals surface area (Å²) < 4.78 is 442. The summed E-state index contributed by atoms with van der Waals surface area (Å²) in [5.74, 6) is -102. The highest BCUT2D eigenvalue weighted by Gasteiger charge is 2.52. The lowest BCUT2D eigenvalue weighted by molar-refractivity contribution is -0.810. The first-order valence-electron chi connectivity index (χ1n) is 32.1. The summed E-state index contributed by atoms with van der Waals surface area (Å²) in [7, 11) is 2.33. The van der Waals surface area contributed by atoms with Crippen LogP contribution in [0.2, 0.25) is 0 Å². The van der Waals surface area contributed by atoms with Crippen LogP contribution in [-0.2, 0) is 6.42 Å². The largest absolute Gasteiger partial charge is 0.305 e.